The Morgan fingerprint density at radius 1 is 1.06 bits per heavy atom. The number of nitrogens with one attached hydrogen (secondary N) is 2. The van der Waals surface area contributed by atoms with Crippen molar-refractivity contribution in [2.24, 2.45) is 5.92 Å². The molecule has 2 fully saturated rings. The van der Waals surface area contributed by atoms with Gasteiger partial charge in [0.1, 0.15) is 0 Å². The highest BCUT2D eigenvalue weighted by molar-refractivity contribution is 5.85. The molecule has 1 heterocycles. The van der Waals surface area contributed by atoms with E-state index in [9.17, 15) is 4.79 Å². The van der Waals surface area contributed by atoms with Crippen molar-refractivity contribution in [3.8, 4) is 0 Å². The van der Waals surface area contributed by atoms with Crippen LogP contribution in [0.15, 0.2) is 0 Å². The Balaban J connectivity index is 0.00000128. The van der Waals surface area contributed by atoms with Crippen molar-refractivity contribution < 1.29 is 4.79 Å². The van der Waals surface area contributed by atoms with Crippen molar-refractivity contribution in [3.63, 3.8) is 0 Å². The van der Waals surface area contributed by atoms with Crippen molar-refractivity contribution in [2.75, 3.05) is 13.1 Å². The average Bonchev–Trinajstić information content (AvgIpc) is 2.65. The molecule has 1 amide bonds. The van der Waals surface area contributed by atoms with Crippen LogP contribution in [0.4, 0.5) is 0 Å². The van der Waals surface area contributed by atoms with Gasteiger partial charge in [0, 0.05) is 12.6 Å². The second-order valence-corrected chi connectivity index (χ2v) is 4.89. The molecule has 0 radical (unpaired) electrons. The van der Waals surface area contributed by atoms with Gasteiger partial charge in [0.2, 0.25) is 5.91 Å². The number of carbonyl (C=O) groups is 1. The van der Waals surface area contributed by atoms with Crippen LogP contribution in [-0.2, 0) is 4.79 Å². The molecule has 2 aliphatic rings. The molecule has 2 N–H and O–H groups in total. The quantitative estimate of drug-likeness (QED) is 0.731. The van der Waals surface area contributed by atoms with Crippen LogP contribution in [0.5, 0.6) is 0 Å². The fourth-order valence-corrected chi connectivity index (χ4v) is 2.62. The van der Waals surface area contributed by atoms with E-state index in [1.807, 2.05) is 0 Å². The molecule has 0 aromatic rings. The molecule has 2 rings (SSSR count). The monoisotopic (exact) mass is 246 g/mol. The van der Waals surface area contributed by atoms with E-state index in [1.54, 1.807) is 0 Å². The molecular weight excluding hydrogens is 224 g/mol. The topological polar surface area (TPSA) is 41.1 Å². The van der Waals surface area contributed by atoms with Crippen LogP contribution >= 0.6 is 12.4 Å². The number of amides is 1. The Labute approximate surface area is 104 Å². The van der Waals surface area contributed by atoms with Crippen LogP contribution in [0.2, 0.25) is 0 Å². The third-order valence-electron chi connectivity index (χ3n) is 3.63. The molecule has 0 bridgehead atoms. The van der Waals surface area contributed by atoms with Crippen molar-refractivity contribution in [1.29, 1.82) is 0 Å². The lowest BCUT2D eigenvalue weighted by atomic mass is 10.1. The molecule has 1 aliphatic carbocycles. The molecule has 94 valence electrons. The fourth-order valence-electron chi connectivity index (χ4n) is 2.62. The number of carbonyl (C=O) groups excluding carboxylic acids is 1. The van der Waals surface area contributed by atoms with Gasteiger partial charge in [-0.05, 0) is 25.8 Å². The SMILES string of the molecule is Cl.O=C(NC1CCCCCC1)[C@H]1CCNC1. The van der Waals surface area contributed by atoms with Crippen LogP contribution in [0.25, 0.3) is 0 Å². The highest BCUT2D eigenvalue weighted by atomic mass is 35.5. The number of hydrogen-bond acceptors (Lipinski definition) is 2. The summed E-state index contributed by atoms with van der Waals surface area (Å²) < 4.78 is 0. The first-order chi connectivity index (χ1) is 7.36. The standard InChI is InChI=1S/C12H22N2O.ClH/c15-12(10-7-8-13-9-10)14-11-5-3-1-2-4-6-11;/h10-11,13H,1-9H2,(H,14,15);1H/t10-;/m0./s1. The molecule has 0 spiro atoms. The van der Waals surface area contributed by atoms with Crippen LogP contribution in [-0.4, -0.2) is 25.0 Å². The van der Waals surface area contributed by atoms with E-state index in [1.165, 1.54) is 38.5 Å². The van der Waals surface area contributed by atoms with Gasteiger partial charge in [-0.1, -0.05) is 25.7 Å². The van der Waals surface area contributed by atoms with E-state index in [4.69, 9.17) is 0 Å². The lowest BCUT2D eigenvalue weighted by Gasteiger charge is -2.18. The van der Waals surface area contributed by atoms with E-state index in [-0.39, 0.29) is 24.2 Å². The Kier molecular flexibility index (Phi) is 6.14. The molecule has 16 heavy (non-hydrogen) atoms. The largest absolute Gasteiger partial charge is 0.353 e. The van der Waals surface area contributed by atoms with Crippen molar-refractivity contribution in [2.45, 2.75) is 51.0 Å². The maximum absolute atomic E-state index is 11.9. The molecule has 1 aliphatic heterocycles. The second-order valence-electron chi connectivity index (χ2n) is 4.89. The first-order valence-electron chi connectivity index (χ1n) is 6.37. The van der Waals surface area contributed by atoms with Gasteiger partial charge in [-0.3, -0.25) is 4.79 Å². The predicted octanol–water partition coefficient (Wildman–Crippen LogP) is 1.86. The van der Waals surface area contributed by atoms with Crippen molar-refractivity contribution in [1.82, 2.24) is 10.6 Å². The lowest BCUT2D eigenvalue weighted by Crippen LogP contribution is -2.39. The van der Waals surface area contributed by atoms with E-state index in [0.29, 0.717) is 6.04 Å². The predicted molar refractivity (Wildman–Crippen MR) is 67.9 cm³/mol. The molecule has 1 saturated carbocycles. The van der Waals surface area contributed by atoms with Crippen LogP contribution in [0.1, 0.15) is 44.9 Å². The second kappa shape index (κ2) is 7.13. The van der Waals surface area contributed by atoms with Gasteiger partial charge >= 0.3 is 0 Å². The lowest BCUT2D eigenvalue weighted by molar-refractivity contribution is -0.125. The third-order valence-corrected chi connectivity index (χ3v) is 3.63. The normalized spacial score (nSPS) is 26.9. The minimum atomic E-state index is 0. The molecule has 3 nitrogen and oxygen atoms in total. The Morgan fingerprint density at radius 2 is 1.75 bits per heavy atom. The molecule has 1 atom stereocenters. The molecule has 0 aromatic heterocycles. The summed E-state index contributed by atoms with van der Waals surface area (Å²) in [6.07, 6.45) is 8.65. The first-order valence-corrected chi connectivity index (χ1v) is 6.37. The van der Waals surface area contributed by atoms with Gasteiger partial charge in [-0.15, -0.1) is 12.4 Å². The van der Waals surface area contributed by atoms with Gasteiger partial charge < -0.3 is 10.6 Å². The summed E-state index contributed by atoms with van der Waals surface area (Å²) in [6, 6.07) is 0.459. The van der Waals surface area contributed by atoms with Crippen molar-refractivity contribution in [3.05, 3.63) is 0 Å². The summed E-state index contributed by atoms with van der Waals surface area (Å²) in [6.45, 7) is 1.88. The van der Waals surface area contributed by atoms with Gasteiger partial charge in [0.15, 0.2) is 0 Å². The number of halogens is 1. The molecule has 0 aromatic carbocycles. The van der Waals surface area contributed by atoms with Gasteiger partial charge in [0.05, 0.1) is 5.92 Å². The smallest absolute Gasteiger partial charge is 0.224 e. The van der Waals surface area contributed by atoms with Gasteiger partial charge in [-0.25, -0.2) is 0 Å². The highest BCUT2D eigenvalue weighted by Gasteiger charge is 2.24. The fraction of sp³-hybridized carbons (Fsp3) is 0.917. The van der Waals surface area contributed by atoms with Gasteiger partial charge in [0.25, 0.3) is 0 Å². The molecule has 4 heteroatoms. The summed E-state index contributed by atoms with van der Waals surface area (Å²) in [5, 5.41) is 6.46. The van der Waals surface area contributed by atoms with E-state index in [0.717, 1.165) is 19.5 Å². The zero-order chi connectivity index (χ0) is 10.5. The maximum atomic E-state index is 11.9. The van der Waals surface area contributed by atoms with E-state index >= 15 is 0 Å². The zero-order valence-electron chi connectivity index (χ0n) is 9.84. The summed E-state index contributed by atoms with van der Waals surface area (Å²) >= 11 is 0. The third kappa shape index (κ3) is 3.95. The molecule has 1 saturated heterocycles. The average molecular weight is 247 g/mol. The highest BCUT2D eigenvalue weighted by Crippen LogP contribution is 2.18. The minimum absolute atomic E-state index is 0. The van der Waals surface area contributed by atoms with Crippen LogP contribution in [0, 0.1) is 5.92 Å². The Morgan fingerprint density at radius 3 is 2.31 bits per heavy atom. The Bertz CT molecular complexity index is 209. The Hall–Kier alpha value is -0.280. The zero-order valence-corrected chi connectivity index (χ0v) is 10.7. The molecular formula is C12H23ClN2O. The summed E-state index contributed by atoms with van der Waals surface area (Å²) in [4.78, 5) is 11.9. The first kappa shape index (κ1) is 13.8. The van der Waals surface area contributed by atoms with Crippen molar-refractivity contribution >= 4 is 18.3 Å². The number of hydrogen-bond donors (Lipinski definition) is 2. The van der Waals surface area contributed by atoms with E-state index < -0.39 is 0 Å². The van der Waals surface area contributed by atoms with Gasteiger partial charge in [-0.2, -0.15) is 0 Å². The molecule has 0 unspecified atom stereocenters. The summed E-state index contributed by atoms with van der Waals surface area (Å²) in [5.41, 5.74) is 0. The van der Waals surface area contributed by atoms with Crippen LogP contribution < -0.4 is 10.6 Å². The van der Waals surface area contributed by atoms with Crippen LogP contribution in [0.3, 0.4) is 0 Å². The minimum Gasteiger partial charge on any atom is -0.353 e. The summed E-state index contributed by atoms with van der Waals surface area (Å²) in [7, 11) is 0. The van der Waals surface area contributed by atoms with E-state index in [2.05, 4.69) is 10.6 Å². The summed E-state index contributed by atoms with van der Waals surface area (Å²) in [5.74, 6) is 0.514. The number of rotatable bonds is 2. The maximum Gasteiger partial charge on any atom is 0.224 e.